The van der Waals surface area contributed by atoms with Crippen molar-refractivity contribution in [2.75, 3.05) is 6.61 Å². The van der Waals surface area contributed by atoms with Gasteiger partial charge in [0.2, 0.25) is 6.29 Å². The van der Waals surface area contributed by atoms with E-state index in [9.17, 15) is 19.8 Å². The molecular weight excluding hydrogens is 340 g/mol. The van der Waals surface area contributed by atoms with Gasteiger partial charge in [0.15, 0.2) is 6.10 Å². The minimum Gasteiger partial charge on any atom is -0.449 e. The average molecular weight is 358 g/mol. The van der Waals surface area contributed by atoms with Crippen LogP contribution in [0.15, 0.2) is 60.7 Å². The molecule has 0 unspecified atom stereocenters. The fourth-order valence-electron chi connectivity index (χ4n) is 2.59. The molecule has 0 saturated carbocycles. The van der Waals surface area contributed by atoms with Crippen molar-refractivity contribution < 1.29 is 34.0 Å². The molecule has 0 aromatic heterocycles. The second-order valence-corrected chi connectivity index (χ2v) is 5.72. The number of aliphatic hydroxyl groups excluding tert-OH is 2. The fraction of sp³-hybridized carbons (Fsp3) is 0.263. The summed E-state index contributed by atoms with van der Waals surface area (Å²) in [4.78, 5) is 24.5. The lowest BCUT2D eigenvalue weighted by Crippen LogP contribution is -2.39. The highest BCUT2D eigenvalue weighted by atomic mass is 16.7. The van der Waals surface area contributed by atoms with Gasteiger partial charge in [0.05, 0.1) is 17.7 Å². The number of hydrogen-bond donors (Lipinski definition) is 2. The maximum atomic E-state index is 12.3. The van der Waals surface area contributed by atoms with E-state index in [-0.39, 0.29) is 11.1 Å². The van der Waals surface area contributed by atoms with Crippen LogP contribution in [-0.4, -0.2) is 53.4 Å². The molecule has 0 bridgehead atoms. The van der Waals surface area contributed by atoms with Crippen LogP contribution in [0, 0.1) is 0 Å². The van der Waals surface area contributed by atoms with E-state index in [1.807, 2.05) is 0 Å². The molecular formula is C19H18O7. The lowest BCUT2D eigenvalue weighted by atomic mass is 10.1. The number of esters is 2. The summed E-state index contributed by atoms with van der Waals surface area (Å²) in [5, 5.41) is 19.6. The van der Waals surface area contributed by atoms with Crippen molar-refractivity contribution in [3.63, 3.8) is 0 Å². The molecule has 0 amide bonds. The highest BCUT2D eigenvalue weighted by Gasteiger charge is 2.48. The molecule has 0 aliphatic carbocycles. The first kappa shape index (κ1) is 18.1. The Balaban J connectivity index is 1.74. The zero-order valence-corrected chi connectivity index (χ0v) is 13.7. The Kier molecular flexibility index (Phi) is 5.62. The SMILES string of the molecule is O=C(O[C@@H]1O[C@H](CO)[C@@H](O)[C@H]1OC(=O)c1ccccc1)c1ccccc1. The molecule has 7 nitrogen and oxygen atoms in total. The molecule has 26 heavy (non-hydrogen) atoms. The largest absolute Gasteiger partial charge is 0.449 e. The van der Waals surface area contributed by atoms with E-state index in [4.69, 9.17) is 14.2 Å². The predicted molar refractivity (Wildman–Crippen MR) is 89.3 cm³/mol. The maximum Gasteiger partial charge on any atom is 0.340 e. The van der Waals surface area contributed by atoms with Crippen LogP contribution in [0.1, 0.15) is 20.7 Å². The third-order valence-corrected chi connectivity index (χ3v) is 3.96. The van der Waals surface area contributed by atoms with Crippen molar-refractivity contribution >= 4 is 11.9 Å². The van der Waals surface area contributed by atoms with Crippen molar-refractivity contribution in [1.29, 1.82) is 0 Å². The van der Waals surface area contributed by atoms with Crippen molar-refractivity contribution in [3.05, 3.63) is 71.8 Å². The molecule has 136 valence electrons. The van der Waals surface area contributed by atoms with Crippen LogP contribution in [-0.2, 0) is 14.2 Å². The molecule has 3 rings (SSSR count). The number of rotatable bonds is 5. The molecule has 1 aliphatic heterocycles. The summed E-state index contributed by atoms with van der Waals surface area (Å²) in [6.45, 7) is -0.514. The smallest absolute Gasteiger partial charge is 0.340 e. The van der Waals surface area contributed by atoms with E-state index in [0.29, 0.717) is 0 Å². The minimum absolute atomic E-state index is 0.278. The Hall–Kier alpha value is -2.74. The van der Waals surface area contributed by atoms with Gasteiger partial charge >= 0.3 is 11.9 Å². The highest BCUT2D eigenvalue weighted by molar-refractivity contribution is 5.90. The van der Waals surface area contributed by atoms with Gasteiger partial charge < -0.3 is 24.4 Å². The van der Waals surface area contributed by atoms with Crippen LogP contribution in [0.3, 0.4) is 0 Å². The van der Waals surface area contributed by atoms with Crippen molar-refractivity contribution in [1.82, 2.24) is 0 Å². The third kappa shape index (κ3) is 3.91. The van der Waals surface area contributed by atoms with E-state index < -0.39 is 43.1 Å². The fourth-order valence-corrected chi connectivity index (χ4v) is 2.59. The molecule has 1 fully saturated rings. The summed E-state index contributed by atoms with van der Waals surface area (Å²) >= 11 is 0. The van der Waals surface area contributed by atoms with Crippen molar-refractivity contribution in [3.8, 4) is 0 Å². The maximum absolute atomic E-state index is 12.3. The molecule has 7 heteroatoms. The van der Waals surface area contributed by atoms with Crippen LogP contribution in [0.2, 0.25) is 0 Å². The first-order valence-electron chi connectivity index (χ1n) is 8.06. The lowest BCUT2D eigenvalue weighted by Gasteiger charge is -2.20. The molecule has 2 N–H and O–H groups in total. The summed E-state index contributed by atoms with van der Waals surface area (Å²) in [6.07, 6.45) is -4.95. The molecule has 1 heterocycles. The first-order valence-corrected chi connectivity index (χ1v) is 8.06. The van der Waals surface area contributed by atoms with E-state index in [1.165, 1.54) is 0 Å². The van der Waals surface area contributed by atoms with Gasteiger partial charge in [0, 0.05) is 0 Å². The van der Waals surface area contributed by atoms with E-state index in [0.717, 1.165) is 0 Å². The van der Waals surface area contributed by atoms with Gasteiger partial charge in [-0.05, 0) is 24.3 Å². The molecule has 4 atom stereocenters. The van der Waals surface area contributed by atoms with Gasteiger partial charge in [-0.1, -0.05) is 36.4 Å². The van der Waals surface area contributed by atoms with Crippen LogP contribution in [0.25, 0.3) is 0 Å². The number of benzene rings is 2. The molecule has 2 aromatic rings. The second-order valence-electron chi connectivity index (χ2n) is 5.72. The van der Waals surface area contributed by atoms with Gasteiger partial charge in [-0.15, -0.1) is 0 Å². The van der Waals surface area contributed by atoms with E-state index in [1.54, 1.807) is 60.7 Å². The van der Waals surface area contributed by atoms with Crippen LogP contribution in [0.4, 0.5) is 0 Å². The predicted octanol–water partition coefficient (Wildman–Crippen LogP) is 1.15. The minimum atomic E-state index is -1.33. The Morgan fingerprint density at radius 2 is 1.38 bits per heavy atom. The van der Waals surface area contributed by atoms with Gasteiger partial charge in [0.25, 0.3) is 0 Å². The van der Waals surface area contributed by atoms with Crippen molar-refractivity contribution in [2.24, 2.45) is 0 Å². The van der Waals surface area contributed by atoms with Gasteiger partial charge in [0.1, 0.15) is 12.2 Å². The zero-order valence-electron chi connectivity index (χ0n) is 13.7. The molecule has 0 radical (unpaired) electrons. The topological polar surface area (TPSA) is 102 Å². The number of hydrogen-bond acceptors (Lipinski definition) is 7. The monoisotopic (exact) mass is 358 g/mol. The van der Waals surface area contributed by atoms with Crippen LogP contribution >= 0.6 is 0 Å². The Bertz CT molecular complexity index is 747. The second kappa shape index (κ2) is 8.09. The Morgan fingerprint density at radius 1 is 0.885 bits per heavy atom. The molecule has 1 aliphatic rings. The molecule has 0 spiro atoms. The average Bonchev–Trinajstić information content (AvgIpc) is 2.98. The van der Waals surface area contributed by atoms with Crippen LogP contribution in [0.5, 0.6) is 0 Å². The summed E-state index contributed by atoms with van der Waals surface area (Å²) in [6, 6.07) is 16.4. The van der Waals surface area contributed by atoms with E-state index in [2.05, 4.69) is 0 Å². The number of carbonyl (C=O) groups is 2. The standard InChI is InChI=1S/C19H18O7/c20-11-14-15(21)16(25-17(22)12-7-3-1-4-8-12)19(24-14)26-18(23)13-9-5-2-6-10-13/h1-10,14-16,19-21H,11H2/t14-,15-,16-,19+/m1/s1. The lowest BCUT2D eigenvalue weighted by molar-refractivity contribution is -0.141. The Morgan fingerprint density at radius 3 is 1.88 bits per heavy atom. The third-order valence-electron chi connectivity index (χ3n) is 3.96. The number of ether oxygens (including phenoxy) is 3. The summed E-state index contributed by atoms with van der Waals surface area (Å²) < 4.78 is 15.9. The first-order chi connectivity index (χ1) is 12.6. The normalized spacial score (nSPS) is 24.8. The van der Waals surface area contributed by atoms with Crippen LogP contribution < -0.4 is 0 Å². The zero-order chi connectivity index (χ0) is 18.5. The van der Waals surface area contributed by atoms with Gasteiger partial charge in [-0.25, -0.2) is 9.59 Å². The molecule has 2 aromatic carbocycles. The summed E-state index contributed by atoms with van der Waals surface area (Å²) in [7, 11) is 0. The van der Waals surface area contributed by atoms with Gasteiger partial charge in [-0.2, -0.15) is 0 Å². The molecule has 1 saturated heterocycles. The Labute approximate surface area is 149 Å². The summed E-state index contributed by atoms with van der Waals surface area (Å²) in [5.74, 6) is -1.39. The highest BCUT2D eigenvalue weighted by Crippen LogP contribution is 2.26. The number of aliphatic hydroxyl groups is 2. The number of carbonyl (C=O) groups excluding carboxylic acids is 2. The van der Waals surface area contributed by atoms with E-state index >= 15 is 0 Å². The van der Waals surface area contributed by atoms with Gasteiger partial charge in [-0.3, -0.25) is 0 Å². The van der Waals surface area contributed by atoms with Crippen molar-refractivity contribution in [2.45, 2.75) is 24.6 Å². The quantitative estimate of drug-likeness (QED) is 0.773. The summed E-state index contributed by atoms with van der Waals surface area (Å²) in [5.41, 5.74) is 0.562.